The predicted octanol–water partition coefficient (Wildman–Crippen LogP) is 3.09. The van der Waals surface area contributed by atoms with Crippen LogP contribution in [0.15, 0.2) is 74.9 Å². The Balaban J connectivity index is -0.0000000450. The van der Waals surface area contributed by atoms with Crippen molar-refractivity contribution in [2.45, 2.75) is 0 Å². The molecule has 0 heterocycles. The third-order valence-corrected chi connectivity index (χ3v) is 1.67. The van der Waals surface area contributed by atoms with E-state index in [9.17, 15) is 9.59 Å². The molecule has 0 amide bonds. The molecule has 174 valence electrons. The molecule has 30 heavy (non-hydrogen) atoms. The molecule has 2 rings (SSSR count). The van der Waals surface area contributed by atoms with Gasteiger partial charge in [-0.25, -0.2) is 0 Å². The lowest BCUT2D eigenvalue weighted by atomic mass is 10.2. The average molecular weight is 442 g/mol. The van der Waals surface area contributed by atoms with E-state index in [0.717, 1.165) is 0 Å². The van der Waals surface area contributed by atoms with Gasteiger partial charge in [0.15, 0.2) is 11.6 Å². The first-order chi connectivity index (χ1) is 14.6. The summed E-state index contributed by atoms with van der Waals surface area (Å²) >= 11 is 0. The highest BCUT2D eigenvalue weighted by molar-refractivity contribution is 6.14. The number of carbonyl (C=O) groups is 2. The molecule has 0 radical (unpaired) electrons. The minimum absolute atomic E-state index is 0.121. The summed E-state index contributed by atoms with van der Waals surface area (Å²) < 4.78 is 0. The van der Waals surface area contributed by atoms with E-state index < -0.39 is 0 Å². The van der Waals surface area contributed by atoms with Crippen molar-refractivity contribution in [2.75, 3.05) is 0 Å². The number of carbonyl (C=O) groups excluding carboxylic acids is 2. The summed E-state index contributed by atoms with van der Waals surface area (Å²) in [6.07, 6.45) is 5.01. The van der Waals surface area contributed by atoms with Gasteiger partial charge in [-0.15, -0.1) is 26.3 Å². The van der Waals surface area contributed by atoms with Gasteiger partial charge >= 0.3 is 0 Å². The molecule has 0 saturated heterocycles. The number of allylic oxidation sites excluding steroid dienone is 4. The van der Waals surface area contributed by atoms with E-state index in [1.807, 2.05) is 0 Å². The lowest BCUT2D eigenvalue weighted by Gasteiger charge is -1.88. The number of benzene rings is 1. The van der Waals surface area contributed by atoms with Gasteiger partial charge in [-0.2, -0.15) is 0 Å². The van der Waals surface area contributed by atoms with Crippen LogP contribution in [-0.2, 0) is 9.59 Å². The third kappa shape index (κ3) is 49.7. The monoisotopic (exact) mass is 442 g/mol. The van der Waals surface area contributed by atoms with Crippen LogP contribution in [0.1, 0.15) is 0 Å². The second-order valence-electron chi connectivity index (χ2n) is 2.99. The largest absolute Gasteiger partial charge is 0.508 e. The number of rotatable bonds is 0. The molecule has 10 N–H and O–H groups in total. The van der Waals surface area contributed by atoms with Crippen LogP contribution in [0.25, 0.3) is 0 Å². The van der Waals surface area contributed by atoms with Crippen LogP contribution in [0, 0.1) is 9.93 Å². The maximum absolute atomic E-state index is 10.3. The molecule has 14 nitrogen and oxygen atoms in total. The van der Waals surface area contributed by atoms with Gasteiger partial charge in [-0.3, -0.25) is 51.6 Å². The second-order valence-corrected chi connectivity index (χ2v) is 2.99. The molecule has 1 aromatic carbocycles. The Labute approximate surface area is 170 Å². The van der Waals surface area contributed by atoms with Gasteiger partial charge in [0.05, 0.1) is 0 Å². The summed E-state index contributed by atoms with van der Waals surface area (Å²) in [4.78, 5) is 34.6. The number of phenols is 2. The van der Waals surface area contributed by atoms with Crippen LogP contribution in [0.2, 0.25) is 0 Å². The van der Waals surface area contributed by atoms with Gasteiger partial charge in [0.25, 0.3) is 0 Å². The molecule has 0 fully saturated rings. The molecular weight excluding hydrogens is 416 g/mol. The lowest BCUT2D eigenvalue weighted by Crippen LogP contribution is -1.97. The first-order valence-corrected chi connectivity index (χ1v) is 6.46. The number of hydrogen-bond donors (Lipinski definition) is 10. The van der Waals surface area contributed by atoms with Gasteiger partial charge < -0.3 is 10.2 Å². The summed E-state index contributed by atoms with van der Waals surface area (Å²) in [5.74, 6) is 0.0970. The molecule has 0 saturated carbocycles. The summed E-state index contributed by atoms with van der Waals surface area (Å²) in [5.41, 5.74) is 0. The standard InChI is InChI=1S/C6H6O2.C6H4O2.2C2H4.4H2O2.O2/c2*7-5-1-2-6(8)4-3-5;7*1-2/h1-4,7-8H;1-4H;2*1-2H2;4*1-2H;. The highest BCUT2D eigenvalue weighted by atomic mass is 17.0. The minimum atomic E-state index is -0.121. The zero-order chi connectivity index (χ0) is 26.0. The van der Waals surface area contributed by atoms with Crippen molar-refractivity contribution >= 4 is 11.6 Å². The number of phenolic OH excluding ortho intramolecular Hbond substituents is 2. The molecule has 14 heteroatoms. The Bertz CT molecular complexity index is 435. The van der Waals surface area contributed by atoms with Crippen molar-refractivity contribution in [3.05, 3.63) is 84.8 Å². The van der Waals surface area contributed by atoms with E-state index in [0.29, 0.717) is 0 Å². The van der Waals surface area contributed by atoms with Gasteiger partial charge in [0.1, 0.15) is 11.5 Å². The molecular formula is C16H26O14. The fourth-order valence-corrected chi connectivity index (χ4v) is 0.892. The van der Waals surface area contributed by atoms with Crippen molar-refractivity contribution in [3.63, 3.8) is 0 Å². The van der Waals surface area contributed by atoms with E-state index >= 15 is 0 Å². The van der Waals surface area contributed by atoms with Crippen LogP contribution in [0.3, 0.4) is 0 Å². The zero-order valence-corrected chi connectivity index (χ0v) is 15.6. The SMILES string of the molecule is C=C.C=C.O=C1C=CC(=O)C=C1.O=O.OO.OO.OO.OO.Oc1ccc(O)cc1. The van der Waals surface area contributed by atoms with Crippen molar-refractivity contribution in [3.8, 4) is 11.5 Å². The second kappa shape index (κ2) is 56.2. The van der Waals surface area contributed by atoms with E-state index in [1.54, 1.807) is 0 Å². The first-order valence-electron chi connectivity index (χ1n) is 6.46. The van der Waals surface area contributed by atoms with E-state index in [4.69, 9.17) is 62.2 Å². The Morgan fingerprint density at radius 1 is 0.467 bits per heavy atom. The van der Waals surface area contributed by atoms with E-state index in [1.165, 1.54) is 48.6 Å². The minimum Gasteiger partial charge on any atom is -0.508 e. The highest BCUT2D eigenvalue weighted by Gasteiger charge is 1.97. The Morgan fingerprint density at radius 3 is 0.733 bits per heavy atom. The Hall–Kier alpha value is -3.60. The molecule has 0 bridgehead atoms. The topological polar surface area (TPSA) is 271 Å². The average Bonchev–Trinajstić information content (AvgIpc) is 2.87. The van der Waals surface area contributed by atoms with Gasteiger partial charge in [-0.05, 0) is 48.6 Å². The van der Waals surface area contributed by atoms with Gasteiger partial charge in [0.2, 0.25) is 0 Å². The molecule has 1 aliphatic carbocycles. The van der Waals surface area contributed by atoms with Gasteiger partial charge in [0, 0.05) is 9.93 Å². The predicted molar refractivity (Wildman–Crippen MR) is 108 cm³/mol. The first kappa shape index (κ1) is 45.3. The quantitative estimate of drug-likeness (QED) is 0.0908. The van der Waals surface area contributed by atoms with Crippen LogP contribution in [0.5, 0.6) is 11.5 Å². The fourth-order valence-electron chi connectivity index (χ4n) is 0.892. The molecule has 1 aromatic rings. The fraction of sp³-hybridized carbons (Fsp3) is 0. The smallest absolute Gasteiger partial charge is 0.178 e. The highest BCUT2D eigenvalue weighted by Crippen LogP contribution is 2.13. The van der Waals surface area contributed by atoms with Crippen LogP contribution in [-0.4, -0.2) is 63.8 Å². The van der Waals surface area contributed by atoms with Crippen molar-refractivity contribution < 1.29 is 61.9 Å². The van der Waals surface area contributed by atoms with Crippen molar-refractivity contribution in [2.24, 2.45) is 0 Å². The number of ketones is 2. The maximum Gasteiger partial charge on any atom is 0.178 e. The molecule has 1 aliphatic rings. The van der Waals surface area contributed by atoms with Crippen LogP contribution < -0.4 is 0 Å². The molecule has 0 atom stereocenters. The summed E-state index contributed by atoms with van der Waals surface area (Å²) in [6.45, 7) is 12.0. The normalized spacial score (nSPS) is 8.27. The Morgan fingerprint density at radius 2 is 0.600 bits per heavy atom. The molecule has 0 aromatic heterocycles. The number of hydrogen-bond acceptors (Lipinski definition) is 14. The Kier molecular flexibility index (Phi) is 84.8. The van der Waals surface area contributed by atoms with E-state index in [-0.39, 0.29) is 23.1 Å². The van der Waals surface area contributed by atoms with Crippen LogP contribution >= 0.6 is 0 Å². The van der Waals surface area contributed by atoms with Crippen molar-refractivity contribution in [1.29, 1.82) is 0 Å². The zero-order valence-electron chi connectivity index (χ0n) is 15.6. The molecule has 0 spiro atoms. The lowest BCUT2D eigenvalue weighted by molar-refractivity contribution is -0.176. The van der Waals surface area contributed by atoms with E-state index in [2.05, 4.69) is 26.3 Å². The maximum atomic E-state index is 10.3. The van der Waals surface area contributed by atoms with Crippen LogP contribution in [0.4, 0.5) is 0 Å². The number of aromatic hydroxyl groups is 2. The van der Waals surface area contributed by atoms with Gasteiger partial charge in [-0.1, -0.05) is 0 Å². The summed E-state index contributed by atoms with van der Waals surface area (Å²) in [6, 6.07) is 5.70. The third-order valence-electron chi connectivity index (χ3n) is 1.67. The molecule has 0 unspecified atom stereocenters. The van der Waals surface area contributed by atoms with Crippen molar-refractivity contribution in [1.82, 2.24) is 0 Å². The molecule has 0 aliphatic heterocycles. The summed E-state index contributed by atoms with van der Waals surface area (Å²) in [7, 11) is 0. The summed E-state index contributed by atoms with van der Waals surface area (Å²) in [5, 5.41) is 65.3.